The van der Waals surface area contributed by atoms with Crippen molar-refractivity contribution in [3.63, 3.8) is 0 Å². The van der Waals surface area contributed by atoms with E-state index in [1.54, 1.807) is 18.0 Å². The molecule has 0 atom stereocenters. The summed E-state index contributed by atoms with van der Waals surface area (Å²) in [5.74, 6) is -0.0370. The van der Waals surface area contributed by atoms with Gasteiger partial charge in [0.15, 0.2) is 0 Å². The molecule has 0 saturated heterocycles. The summed E-state index contributed by atoms with van der Waals surface area (Å²) in [5, 5.41) is 0. The molecular formula is C16H15NO. The zero-order valence-electron chi connectivity index (χ0n) is 10.3. The summed E-state index contributed by atoms with van der Waals surface area (Å²) in [6.07, 6.45) is 3.41. The van der Waals surface area contributed by atoms with Crippen molar-refractivity contribution in [3.05, 3.63) is 72.3 Å². The smallest absolute Gasteiger partial charge is 0.250 e. The van der Waals surface area contributed by atoms with E-state index in [2.05, 4.69) is 0 Å². The van der Waals surface area contributed by atoms with E-state index in [-0.39, 0.29) is 5.91 Å². The molecule has 1 amide bonds. The molecule has 2 heteroatoms. The van der Waals surface area contributed by atoms with E-state index in [4.69, 9.17) is 0 Å². The van der Waals surface area contributed by atoms with Crippen LogP contribution in [0.25, 0.3) is 6.08 Å². The third-order valence-electron chi connectivity index (χ3n) is 2.69. The minimum atomic E-state index is -0.0370. The van der Waals surface area contributed by atoms with Crippen molar-refractivity contribution >= 4 is 17.7 Å². The molecule has 0 bridgehead atoms. The zero-order chi connectivity index (χ0) is 12.8. The molecule has 0 aromatic heterocycles. The number of carbonyl (C=O) groups is 1. The van der Waals surface area contributed by atoms with Crippen LogP contribution < -0.4 is 4.90 Å². The summed E-state index contributed by atoms with van der Waals surface area (Å²) in [5.41, 5.74) is 1.91. The second-order valence-electron chi connectivity index (χ2n) is 3.98. The second-order valence-corrected chi connectivity index (χ2v) is 3.98. The highest BCUT2D eigenvalue weighted by molar-refractivity contribution is 6.03. The minimum absolute atomic E-state index is 0.0370. The van der Waals surface area contributed by atoms with E-state index in [0.717, 1.165) is 11.3 Å². The molecule has 0 unspecified atom stereocenters. The van der Waals surface area contributed by atoms with Gasteiger partial charge in [0, 0.05) is 18.8 Å². The number of anilines is 1. The second kappa shape index (κ2) is 5.82. The Kier molecular flexibility index (Phi) is 3.92. The first-order valence-electron chi connectivity index (χ1n) is 5.83. The number of hydrogen-bond donors (Lipinski definition) is 0. The van der Waals surface area contributed by atoms with Gasteiger partial charge in [-0.05, 0) is 23.8 Å². The lowest BCUT2D eigenvalue weighted by atomic mass is 10.2. The molecular weight excluding hydrogens is 222 g/mol. The van der Waals surface area contributed by atoms with E-state index in [9.17, 15) is 4.79 Å². The lowest BCUT2D eigenvalue weighted by molar-refractivity contribution is -0.113. The van der Waals surface area contributed by atoms with Crippen LogP contribution in [0.15, 0.2) is 66.7 Å². The molecule has 2 nitrogen and oxygen atoms in total. The van der Waals surface area contributed by atoms with Gasteiger partial charge in [-0.25, -0.2) is 0 Å². The first-order valence-corrected chi connectivity index (χ1v) is 5.83. The van der Waals surface area contributed by atoms with Crippen LogP contribution in [0.4, 0.5) is 5.69 Å². The zero-order valence-corrected chi connectivity index (χ0v) is 10.3. The first kappa shape index (κ1) is 12.1. The number of amides is 1. The highest BCUT2D eigenvalue weighted by atomic mass is 16.2. The summed E-state index contributed by atoms with van der Waals surface area (Å²) in [6, 6.07) is 19.4. The van der Waals surface area contributed by atoms with Crippen LogP contribution in [-0.2, 0) is 4.79 Å². The number of carbonyl (C=O) groups excluding carboxylic acids is 1. The van der Waals surface area contributed by atoms with Crippen LogP contribution >= 0.6 is 0 Å². The van der Waals surface area contributed by atoms with Crippen LogP contribution in [0.3, 0.4) is 0 Å². The average Bonchev–Trinajstić information content (AvgIpc) is 2.46. The van der Waals surface area contributed by atoms with Crippen LogP contribution in [-0.4, -0.2) is 13.0 Å². The third-order valence-corrected chi connectivity index (χ3v) is 2.69. The molecule has 0 radical (unpaired) electrons. The maximum Gasteiger partial charge on any atom is 0.250 e. The van der Waals surface area contributed by atoms with Gasteiger partial charge in [0.1, 0.15) is 0 Å². The van der Waals surface area contributed by atoms with Crippen molar-refractivity contribution in [2.75, 3.05) is 11.9 Å². The van der Waals surface area contributed by atoms with Gasteiger partial charge in [0.25, 0.3) is 5.91 Å². The molecule has 0 spiro atoms. The van der Waals surface area contributed by atoms with Crippen molar-refractivity contribution in [1.82, 2.24) is 0 Å². The molecule has 0 fully saturated rings. The van der Waals surface area contributed by atoms with Gasteiger partial charge >= 0.3 is 0 Å². The molecule has 0 aliphatic heterocycles. The molecule has 0 aliphatic carbocycles. The van der Waals surface area contributed by atoms with Crippen molar-refractivity contribution < 1.29 is 4.79 Å². The predicted octanol–water partition coefficient (Wildman–Crippen LogP) is 3.36. The number of benzene rings is 2. The SMILES string of the molecule is CN(C(=O)C=Cc1ccccc1)c1ccccc1. The Morgan fingerprint density at radius 1 is 0.944 bits per heavy atom. The molecule has 0 saturated carbocycles. The number of hydrogen-bond acceptors (Lipinski definition) is 1. The van der Waals surface area contributed by atoms with Gasteiger partial charge in [-0.2, -0.15) is 0 Å². The molecule has 90 valence electrons. The minimum Gasteiger partial charge on any atom is -0.312 e. The van der Waals surface area contributed by atoms with Gasteiger partial charge < -0.3 is 4.90 Å². The molecule has 2 aromatic carbocycles. The maximum absolute atomic E-state index is 12.0. The quantitative estimate of drug-likeness (QED) is 0.749. The fourth-order valence-electron chi connectivity index (χ4n) is 1.62. The monoisotopic (exact) mass is 237 g/mol. The number of rotatable bonds is 3. The maximum atomic E-state index is 12.0. The average molecular weight is 237 g/mol. The van der Waals surface area contributed by atoms with E-state index in [0.29, 0.717) is 0 Å². The standard InChI is InChI=1S/C16H15NO/c1-17(15-10-6-3-7-11-15)16(18)13-12-14-8-4-2-5-9-14/h2-13H,1H3. The van der Waals surface area contributed by atoms with Gasteiger partial charge in [0.05, 0.1) is 0 Å². The van der Waals surface area contributed by atoms with Crippen LogP contribution in [0.2, 0.25) is 0 Å². The Bertz CT molecular complexity index is 532. The van der Waals surface area contributed by atoms with Gasteiger partial charge in [-0.15, -0.1) is 0 Å². The molecule has 2 rings (SSSR count). The fraction of sp³-hybridized carbons (Fsp3) is 0.0625. The van der Waals surface area contributed by atoms with E-state index in [1.807, 2.05) is 66.7 Å². The highest BCUT2D eigenvalue weighted by Gasteiger charge is 2.05. The molecule has 0 heterocycles. The fourth-order valence-corrected chi connectivity index (χ4v) is 1.62. The topological polar surface area (TPSA) is 20.3 Å². The van der Waals surface area contributed by atoms with Crippen molar-refractivity contribution in [2.45, 2.75) is 0 Å². The highest BCUT2D eigenvalue weighted by Crippen LogP contribution is 2.11. The Morgan fingerprint density at radius 3 is 2.11 bits per heavy atom. The van der Waals surface area contributed by atoms with Gasteiger partial charge in [0.2, 0.25) is 0 Å². The molecule has 0 aliphatic rings. The number of nitrogens with zero attached hydrogens (tertiary/aromatic N) is 1. The van der Waals surface area contributed by atoms with Crippen molar-refractivity contribution in [1.29, 1.82) is 0 Å². The summed E-state index contributed by atoms with van der Waals surface area (Å²) < 4.78 is 0. The van der Waals surface area contributed by atoms with Crippen molar-refractivity contribution in [3.8, 4) is 0 Å². The summed E-state index contributed by atoms with van der Waals surface area (Å²) in [7, 11) is 1.77. The Morgan fingerprint density at radius 2 is 1.50 bits per heavy atom. The molecule has 18 heavy (non-hydrogen) atoms. The lowest BCUT2D eigenvalue weighted by Gasteiger charge is -2.14. The van der Waals surface area contributed by atoms with Gasteiger partial charge in [-0.1, -0.05) is 48.5 Å². The largest absolute Gasteiger partial charge is 0.312 e. The van der Waals surface area contributed by atoms with E-state index in [1.165, 1.54) is 0 Å². The summed E-state index contributed by atoms with van der Waals surface area (Å²) in [4.78, 5) is 13.6. The Hall–Kier alpha value is -2.35. The van der Waals surface area contributed by atoms with E-state index < -0.39 is 0 Å². The predicted molar refractivity (Wildman–Crippen MR) is 75.3 cm³/mol. The molecule has 2 aromatic rings. The van der Waals surface area contributed by atoms with E-state index >= 15 is 0 Å². The molecule has 0 N–H and O–H groups in total. The summed E-state index contributed by atoms with van der Waals surface area (Å²) >= 11 is 0. The van der Waals surface area contributed by atoms with Crippen LogP contribution in [0.5, 0.6) is 0 Å². The normalized spacial score (nSPS) is 10.5. The van der Waals surface area contributed by atoms with Crippen molar-refractivity contribution in [2.24, 2.45) is 0 Å². The van der Waals surface area contributed by atoms with Gasteiger partial charge in [-0.3, -0.25) is 4.79 Å². The third kappa shape index (κ3) is 3.08. The van der Waals surface area contributed by atoms with Crippen LogP contribution in [0, 0.1) is 0 Å². The lowest BCUT2D eigenvalue weighted by Crippen LogP contribution is -2.23. The number of para-hydroxylation sites is 1. The van der Waals surface area contributed by atoms with Crippen LogP contribution in [0.1, 0.15) is 5.56 Å². The Labute approximate surface area is 107 Å². The first-order chi connectivity index (χ1) is 8.77. The summed E-state index contributed by atoms with van der Waals surface area (Å²) in [6.45, 7) is 0. The number of likely N-dealkylation sites (N-methyl/N-ethyl adjacent to an activating group) is 1. The Balaban J connectivity index is 2.07.